The average Bonchev–Trinajstić information content (AvgIpc) is 2.45. The van der Waals surface area contributed by atoms with Gasteiger partial charge in [-0.25, -0.2) is 0 Å². The highest BCUT2D eigenvalue weighted by Gasteiger charge is 2.26. The van der Waals surface area contributed by atoms with E-state index in [9.17, 15) is 14.9 Å². The second-order valence-electron chi connectivity index (χ2n) is 5.44. The van der Waals surface area contributed by atoms with E-state index >= 15 is 0 Å². The first kappa shape index (κ1) is 15.9. The molecule has 0 radical (unpaired) electrons. The summed E-state index contributed by atoms with van der Waals surface area (Å²) in [5.74, 6) is 0.272. The Labute approximate surface area is 131 Å². The summed E-state index contributed by atoms with van der Waals surface area (Å²) in [4.78, 5) is 24.6. The zero-order valence-corrected chi connectivity index (χ0v) is 13.4. The van der Waals surface area contributed by atoms with Crippen molar-refractivity contribution in [2.75, 3.05) is 13.1 Å². The van der Waals surface area contributed by atoms with Crippen molar-refractivity contribution in [1.29, 1.82) is 0 Å². The van der Waals surface area contributed by atoms with Crippen molar-refractivity contribution in [3.63, 3.8) is 0 Å². The molecule has 1 aromatic carbocycles. The number of amides is 1. The van der Waals surface area contributed by atoms with Gasteiger partial charge < -0.3 is 10.6 Å². The van der Waals surface area contributed by atoms with Crippen LogP contribution < -0.4 is 5.73 Å². The number of carbonyl (C=O) groups excluding carboxylic acids is 1. The second kappa shape index (κ2) is 6.53. The number of benzene rings is 1. The number of hydrogen-bond donors (Lipinski definition) is 1. The van der Waals surface area contributed by atoms with Crippen LogP contribution in [-0.4, -0.2) is 34.9 Å². The number of nitro groups is 1. The lowest BCUT2D eigenvalue weighted by Gasteiger charge is -2.33. The van der Waals surface area contributed by atoms with Crippen LogP contribution in [0.1, 0.15) is 30.1 Å². The molecule has 0 saturated carbocycles. The number of piperidine rings is 1. The Morgan fingerprint density at radius 2 is 2.05 bits per heavy atom. The molecule has 7 heteroatoms. The van der Waals surface area contributed by atoms with E-state index < -0.39 is 4.92 Å². The van der Waals surface area contributed by atoms with Crippen LogP contribution in [0.15, 0.2) is 22.7 Å². The summed E-state index contributed by atoms with van der Waals surface area (Å²) in [5, 5.41) is 10.9. The van der Waals surface area contributed by atoms with E-state index in [1.165, 1.54) is 12.1 Å². The van der Waals surface area contributed by atoms with E-state index in [1.807, 2.05) is 6.92 Å². The number of nitrogens with two attached hydrogens (primary N) is 1. The zero-order chi connectivity index (χ0) is 15.6. The molecule has 2 N–H and O–H groups in total. The van der Waals surface area contributed by atoms with Gasteiger partial charge >= 0.3 is 0 Å². The van der Waals surface area contributed by atoms with Gasteiger partial charge in [0.05, 0.1) is 4.92 Å². The molecular weight excluding hydrogens is 338 g/mol. The highest BCUT2D eigenvalue weighted by atomic mass is 79.9. The van der Waals surface area contributed by atoms with Crippen molar-refractivity contribution in [3.8, 4) is 0 Å². The van der Waals surface area contributed by atoms with Crippen LogP contribution in [0.4, 0.5) is 5.69 Å². The van der Waals surface area contributed by atoms with Crippen molar-refractivity contribution in [3.05, 3.63) is 38.3 Å². The Bertz CT molecular complexity index is 554. The fourth-order valence-electron chi connectivity index (χ4n) is 2.61. The molecule has 0 spiro atoms. The van der Waals surface area contributed by atoms with Crippen LogP contribution in [0.2, 0.25) is 0 Å². The molecule has 1 aromatic rings. The molecule has 2 rings (SSSR count). The largest absolute Gasteiger partial charge is 0.339 e. The molecule has 1 heterocycles. The van der Waals surface area contributed by atoms with Gasteiger partial charge in [0.2, 0.25) is 0 Å². The number of nitro benzene ring substituents is 1. The minimum absolute atomic E-state index is 0.0850. The first-order valence-corrected chi connectivity index (χ1v) is 7.67. The van der Waals surface area contributed by atoms with Crippen LogP contribution in [0.5, 0.6) is 0 Å². The van der Waals surface area contributed by atoms with E-state index in [4.69, 9.17) is 5.73 Å². The van der Waals surface area contributed by atoms with Crippen molar-refractivity contribution in [2.24, 2.45) is 11.7 Å². The standard InChI is InChI=1S/C14H18BrN3O3/c1-9(16)10-2-4-17(5-3-10)14(19)11-6-12(15)8-13(7-11)18(20)21/h6-10H,2-5,16H2,1H3. The van der Waals surface area contributed by atoms with E-state index in [-0.39, 0.29) is 17.6 Å². The Hall–Kier alpha value is -1.47. The van der Waals surface area contributed by atoms with E-state index in [2.05, 4.69) is 15.9 Å². The number of carbonyl (C=O) groups is 1. The van der Waals surface area contributed by atoms with Gasteiger partial charge in [-0.1, -0.05) is 15.9 Å². The van der Waals surface area contributed by atoms with Crippen molar-refractivity contribution in [2.45, 2.75) is 25.8 Å². The number of halogens is 1. The smallest absolute Gasteiger partial charge is 0.271 e. The topological polar surface area (TPSA) is 89.5 Å². The summed E-state index contributed by atoms with van der Waals surface area (Å²) >= 11 is 3.21. The zero-order valence-electron chi connectivity index (χ0n) is 11.8. The van der Waals surface area contributed by atoms with Crippen LogP contribution >= 0.6 is 15.9 Å². The molecule has 1 amide bonds. The monoisotopic (exact) mass is 355 g/mol. The molecule has 6 nitrogen and oxygen atoms in total. The first-order chi connectivity index (χ1) is 9.88. The maximum atomic E-state index is 12.5. The number of likely N-dealkylation sites (tertiary alicyclic amines) is 1. The summed E-state index contributed by atoms with van der Waals surface area (Å²) in [6.45, 7) is 3.27. The molecule has 1 saturated heterocycles. The summed E-state index contributed by atoms with van der Waals surface area (Å²) in [6, 6.07) is 4.46. The minimum atomic E-state index is -0.496. The molecule has 0 aliphatic carbocycles. The molecule has 0 bridgehead atoms. The fraction of sp³-hybridized carbons (Fsp3) is 0.500. The SMILES string of the molecule is CC(N)C1CCN(C(=O)c2cc(Br)cc([N+](=O)[O-])c2)CC1. The molecule has 1 aliphatic rings. The highest BCUT2D eigenvalue weighted by Crippen LogP contribution is 2.25. The van der Waals surface area contributed by atoms with E-state index in [1.54, 1.807) is 11.0 Å². The number of rotatable bonds is 3. The second-order valence-corrected chi connectivity index (χ2v) is 6.36. The van der Waals surface area contributed by atoms with Gasteiger partial charge in [0, 0.05) is 41.3 Å². The summed E-state index contributed by atoms with van der Waals surface area (Å²) in [5.41, 5.74) is 6.15. The summed E-state index contributed by atoms with van der Waals surface area (Å²) in [6.07, 6.45) is 1.75. The van der Waals surface area contributed by atoms with Crippen LogP contribution in [0.25, 0.3) is 0 Å². The number of hydrogen-bond acceptors (Lipinski definition) is 4. The van der Waals surface area contributed by atoms with Gasteiger partial charge in [-0.2, -0.15) is 0 Å². The minimum Gasteiger partial charge on any atom is -0.339 e. The van der Waals surface area contributed by atoms with Crippen molar-refractivity contribution in [1.82, 2.24) is 4.90 Å². The Balaban J connectivity index is 2.12. The maximum Gasteiger partial charge on any atom is 0.271 e. The molecule has 114 valence electrons. The lowest BCUT2D eigenvalue weighted by molar-refractivity contribution is -0.385. The average molecular weight is 356 g/mol. The van der Waals surface area contributed by atoms with Gasteiger partial charge in [0.25, 0.3) is 11.6 Å². The molecule has 0 aromatic heterocycles. The highest BCUT2D eigenvalue weighted by molar-refractivity contribution is 9.10. The van der Waals surface area contributed by atoms with Crippen LogP contribution in [-0.2, 0) is 0 Å². The molecular formula is C14H18BrN3O3. The molecule has 1 atom stereocenters. The van der Waals surface area contributed by atoms with Gasteiger partial charge in [0.1, 0.15) is 0 Å². The van der Waals surface area contributed by atoms with E-state index in [0.29, 0.717) is 29.0 Å². The van der Waals surface area contributed by atoms with Gasteiger partial charge in [-0.3, -0.25) is 14.9 Å². The molecule has 1 fully saturated rings. The maximum absolute atomic E-state index is 12.5. The third-order valence-electron chi connectivity index (χ3n) is 3.91. The third kappa shape index (κ3) is 3.79. The van der Waals surface area contributed by atoms with Crippen molar-refractivity contribution < 1.29 is 9.72 Å². The summed E-state index contributed by atoms with van der Waals surface area (Å²) in [7, 11) is 0. The Kier molecular flexibility index (Phi) is 4.95. The Morgan fingerprint density at radius 1 is 1.43 bits per heavy atom. The lowest BCUT2D eigenvalue weighted by atomic mass is 9.90. The predicted molar refractivity (Wildman–Crippen MR) is 83.1 cm³/mol. The van der Waals surface area contributed by atoms with Gasteiger partial charge in [0.15, 0.2) is 0 Å². The lowest BCUT2D eigenvalue weighted by Crippen LogP contribution is -2.42. The van der Waals surface area contributed by atoms with E-state index in [0.717, 1.165) is 12.8 Å². The quantitative estimate of drug-likeness (QED) is 0.666. The number of nitrogens with zero attached hydrogens (tertiary/aromatic N) is 2. The molecule has 1 unspecified atom stereocenters. The van der Waals surface area contributed by atoms with Gasteiger partial charge in [-0.05, 0) is 31.7 Å². The first-order valence-electron chi connectivity index (χ1n) is 6.88. The molecule has 21 heavy (non-hydrogen) atoms. The Morgan fingerprint density at radius 3 is 2.57 bits per heavy atom. The van der Waals surface area contributed by atoms with Crippen LogP contribution in [0, 0.1) is 16.0 Å². The predicted octanol–water partition coefficient (Wildman–Crippen LogP) is 2.56. The summed E-state index contributed by atoms with van der Waals surface area (Å²) < 4.78 is 0.533. The fourth-order valence-corrected chi connectivity index (χ4v) is 3.10. The normalized spacial score (nSPS) is 17.6. The van der Waals surface area contributed by atoms with Gasteiger partial charge in [-0.15, -0.1) is 0 Å². The van der Waals surface area contributed by atoms with Crippen LogP contribution in [0.3, 0.4) is 0 Å². The van der Waals surface area contributed by atoms with Crippen molar-refractivity contribution >= 4 is 27.5 Å². The molecule has 1 aliphatic heterocycles. The number of non-ortho nitro benzene ring substituents is 1. The third-order valence-corrected chi connectivity index (χ3v) is 4.37.